The zero-order chi connectivity index (χ0) is 19.7. The average molecular weight is 414 g/mol. The van der Waals surface area contributed by atoms with Crippen LogP contribution in [0.2, 0.25) is 0 Å². The van der Waals surface area contributed by atoms with Crippen LogP contribution in [0.5, 0.6) is 0 Å². The summed E-state index contributed by atoms with van der Waals surface area (Å²) in [4.78, 5) is 9.15. The van der Waals surface area contributed by atoms with E-state index in [1.165, 1.54) is 11.3 Å². The second-order valence-electron chi connectivity index (χ2n) is 7.58. The second kappa shape index (κ2) is 7.73. The zero-order valence-electron chi connectivity index (χ0n) is 15.9. The molecule has 0 radical (unpaired) electrons. The van der Waals surface area contributed by atoms with Crippen LogP contribution < -0.4 is 0 Å². The molecule has 2 aromatic heterocycles. The summed E-state index contributed by atoms with van der Waals surface area (Å²) >= 11 is 1.53. The molecule has 4 rings (SSSR count). The number of hydrogen-bond acceptors (Lipinski definition) is 5. The van der Waals surface area contributed by atoms with Crippen LogP contribution in [0.3, 0.4) is 0 Å². The number of piperidine rings is 1. The summed E-state index contributed by atoms with van der Waals surface area (Å²) in [7, 11) is -3.50. The van der Waals surface area contributed by atoms with E-state index in [4.69, 9.17) is 0 Å². The Kier molecular flexibility index (Phi) is 5.31. The number of aromatic nitrogens is 2. The summed E-state index contributed by atoms with van der Waals surface area (Å²) in [6, 6.07) is 11.0. The highest BCUT2D eigenvalue weighted by Crippen LogP contribution is 2.31. The van der Waals surface area contributed by atoms with Crippen molar-refractivity contribution in [3.05, 3.63) is 54.2 Å². The molecule has 1 aliphatic rings. The van der Waals surface area contributed by atoms with Crippen molar-refractivity contribution < 1.29 is 8.42 Å². The van der Waals surface area contributed by atoms with Gasteiger partial charge in [0.25, 0.3) is 0 Å². The first-order chi connectivity index (χ1) is 13.4. The lowest BCUT2D eigenvalue weighted by Crippen LogP contribution is -2.42. The average Bonchev–Trinajstić information content (AvgIpc) is 3.18. The van der Waals surface area contributed by atoms with Crippen LogP contribution in [0.15, 0.2) is 59.1 Å². The Morgan fingerprint density at radius 2 is 1.82 bits per heavy atom. The predicted octanol–water partition coefficient (Wildman–Crippen LogP) is 4.54. The van der Waals surface area contributed by atoms with E-state index < -0.39 is 10.0 Å². The molecule has 1 fully saturated rings. The van der Waals surface area contributed by atoms with Crippen molar-refractivity contribution >= 4 is 21.4 Å². The third kappa shape index (κ3) is 3.87. The van der Waals surface area contributed by atoms with Crippen molar-refractivity contribution in [3.8, 4) is 21.8 Å². The van der Waals surface area contributed by atoms with Crippen LogP contribution in [0.25, 0.3) is 21.8 Å². The van der Waals surface area contributed by atoms with E-state index in [1.807, 2.05) is 23.6 Å². The lowest BCUT2D eigenvalue weighted by molar-refractivity contribution is 0.222. The SMILES string of the molecule is C[C@@H]1C[C@H](C)CN(S(=O)(=O)c2cccc(-c3csc(-c4cccnc4)n3)c2)C1. The first-order valence-corrected chi connectivity index (χ1v) is 11.7. The molecule has 0 spiro atoms. The fourth-order valence-corrected chi connectivity index (χ4v) is 6.34. The van der Waals surface area contributed by atoms with E-state index in [1.54, 1.807) is 34.9 Å². The van der Waals surface area contributed by atoms with E-state index in [0.29, 0.717) is 29.8 Å². The van der Waals surface area contributed by atoms with Crippen LogP contribution in [0.1, 0.15) is 20.3 Å². The standard InChI is InChI=1S/C21H23N3O2S2/c1-15-9-16(2)13-24(12-15)28(25,26)19-7-3-5-17(10-19)20-14-27-21(23-20)18-6-4-8-22-11-18/h3-8,10-11,14-16H,9,12-13H2,1-2H3/t15-,16+. The molecule has 0 bridgehead atoms. The summed E-state index contributed by atoms with van der Waals surface area (Å²) < 4.78 is 28.0. The molecule has 28 heavy (non-hydrogen) atoms. The number of thiazole rings is 1. The number of nitrogens with zero attached hydrogens (tertiary/aromatic N) is 3. The highest BCUT2D eigenvalue weighted by atomic mass is 32.2. The van der Waals surface area contributed by atoms with E-state index in [0.717, 1.165) is 28.2 Å². The molecular formula is C21H23N3O2S2. The Bertz CT molecular complexity index is 1050. The van der Waals surface area contributed by atoms with Gasteiger partial charge in [0.15, 0.2) is 0 Å². The molecule has 0 saturated carbocycles. The molecule has 1 saturated heterocycles. The molecule has 3 heterocycles. The highest BCUT2D eigenvalue weighted by molar-refractivity contribution is 7.89. The van der Waals surface area contributed by atoms with Crippen LogP contribution in [0.4, 0.5) is 0 Å². The molecule has 7 heteroatoms. The van der Waals surface area contributed by atoms with Gasteiger partial charge in [0.05, 0.1) is 10.6 Å². The lowest BCUT2D eigenvalue weighted by atomic mass is 9.94. The number of benzene rings is 1. The minimum Gasteiger partial charge on any atom is -0.264 e. The summed E-state index contributed by atoms with van der Waals surface area (Å²) in [5.41, 5.74) is 2.55. The van der Waals surface area contributed by atoms with Gasteiger partial charge in [-0.15, -0.1) is 11.3 Å². The molecule has 1 aliphatic heterocycles. The first-order valence-electron chi connectivity index (χ1n) is 9.40. The normalized spacial score (nSPS) is 20.9. The largest absolute Gasteiger partial charge is 0.264 e. The Morgan fingerprint density at radius 3 is 2.54 bits per heavy atom. The van der Waals surface area contributed by atoms with Gasteiger partial charge in [-0.2, -0.15) is 4.31 Å². The lowest BCUT2D eigenvalue weighted by Gasteiger charge is -2.34. The number of sulfonamides is 1. The number of pyridine rings is 1. The maximum Gasteiger partial charge on any atom is 0.243 e. The molecule has 2 atom stereocenters. The van der Waals surface area contributed by atoms with Crippen LogP contribution >= 0.6 is 11.3 Å². The van der Waals surface area contributed by atoms with Gasteiger partial charge in [0, 0.05) is 42.0 Å². The van der Waals surface area contributed by atoms with Gasteiger partial charge in [-0.25, -0.2) is 13.4 Å². The fraction of sp³-hybridized carbons (Fsp3) is 0.333. The molecule has 0 aliphatic carbocycles. The van der Waals surface area contributed by atoms with Crippen LogP contribution in [-0.4, -0.2) is 35.8 Å². The summed E-state index contributed by atoms with van der Waals surface area (Å²) in [5.74, 6) is 0.754. The third-order valence-electron chi connectivity index (χ3n) is 5.02. The molecule has 0 N–H and O–H groups in total. The molecule has 0 amide bonds. The van der Waals surface area contributed by atoms with Crippen molar-refractivity contribution in [2.75, 3.05) is 13.1 Å². The van der Waals surface area contributed by atoms with Crippen molar-refractivity contribution in [3.63, 3.8) is 0 Å². The smallest absolute Gasteiger partial charge is 0.243 e. The van der Waals surface area contributed by atoms with Gasteiger partial charge in [-0.3, -0.25) is 4.98 Å². The number of hydrogen-bond donors (Lipinski definition) is 0. The zero-order valence-corrected chi connectivity index (χ0v) is 17.6. The van der Waals surface area contributed by atoms with Crippen molar-refractivity contribution in [2.45, 2.75) is 25.2 Å². The molecular weight excluding hydrogens is 390 g/mol. The van der Waals surface area contributed by atoms with E-state index >= 15 is 0 Å². The highest BCUT2D eigenvalue weighted by Gasteiger charge is 2.31. The van der Waals surface area contributed by atoms with Crippen LogP contribution in [-0.2, 0) is 10.0 Å². The Hall–Kier alpha value is -2.09. The summed E-state index contributed by atoms with van der Waals surface area (Å²) in [6.07, 6.45) is 4.58. The molecule has 146 valence electrons. The van der Waals surface area contributed by atoms with Crippen molar-refractivity contribution in [1.29, 1.82) is 0 Å². The quantitative estimate of drug-likeness (QED) is 0.630. The predicted molar refractivity (Wildman–Crippen MR) is 112 cm³/mol. The Morgan fingerprint density at radius 1 is 1.07 bits per heavy atom. The maximum atomic E-state index is 13.2. The molecule has 5 nitrogen and oxygen atoms in total. The van der Waals surface area contributed by atoms with E-state index in [9.17, 15) is 8.42 Å². The molecule has 0 unspecified atom stereocenters. The minimum absolute atomic E-state index is 0.335. The Balaban J connectivity index is 1.64. The topological polar surface area (TPSA) is 63.2 Å². The van der Waals surface area contributed by atoms with Gasteiger partial charge in [0.2, 0.25) is 10.0 Å². The van der Waals surface area contributed by atoms with E-state index in [-0.39, 0.29) is 0 Å². The van der Waals surface area contributed by atoms with Gasteiger partial charge < -0.3 is 0 Å². The number of rotatable bonds is 4. The van der Waals surface area contributed by atoms with Gasteiger partial charge in [-0.1, -0.05) is 26.0 Å². The minimum atomic E-state index is -3.50. The van der Waals surface area contributed by atoms with Gasteiger partial charge >= 0.3 is 0 Å². The van der Waals surface area contributed by atoms with Crippen molar-refractivity contribution in [1.82, 2.24) is 14.3 Å². The Labute approximate surface area is 170 Å². The van der Waals surface area contributed by atoms with Crippen LogP contribution in [0, 0.1) is 11.8 Å². The maximum absolute atomic E-state index is 13.2. The monoisotopic (exact) mass is 413 g/mol. The van der Waals surface area contributed by atoms with E-state index in [2.05, 4.69) is 23.8 Å². The molecule has 3 aromatic rings. The van der Waals surface area contributed by atoms with Gasteiger partial charge in [0.1, 0.15) is 5.01 Å². The van der Waals surface area contributed by atoms with Crippen molar-refractivity contribution in [2.24, 2.45) is 11.8 Å². The third-order valence-corrected chi connectivity index (χ3v) is 7.73. The molecule has 1 aromatic carbocycles. The van der Waals surface area contributed by atoms with Gasteiger partial charge in [-0.05, 0) is 42.5 Å². The summed E-state index contributed by atoms with van der Waals surface area (Å²) in [5, 5.41) is 2.83. The first kappa shape index (κ1) is 19.2. The second-order valence-corrected chi connectivity index (χ2v) is 10.4. The fourth-order valence-electron chi connectivity index (χ4n) is 3.80. The summed E-state index contributed by atoms with van der Waals surface area (Å²) in [6.45, 7) is 5.39.